The highest BCUT2D eigenvalue weighted by Gasteiger charge is 2.18. The molecule has 0 aliphatic carbocycles. The van der Waals surface area contributed by atoms with Crippen LogP contribution in [0.5, 0.6) is 0 Å². The molecule has 0 bridgehead atoms. The smallest absolute Gasteiger partial charge is 0.253 e. The molecule has 0 spiro atoms. The summed E-state index contributed by atoms with van der Waals surface area (Å²) < 4.78 is 5.38. The van der Waals surface area contributed by atoms with Crippen LogP contribution in [0.15, 0.2) is 36.5 Å². The van der Waals surface area contributed by atoms with Gasteiger partial charge >= 0.3 is 0 Å². The fraction of sp³-hybridized carbons (Fsp3) is 0.500. The molecule has 2 aromatic rings. The van der Waals surface area contributed by atoms with E-state index < -0.39 is 0 Å². The Kier molecular flexibility index (Phi) is 9.13. The number of aryl methyl sites for hydroxylation is 1. The maximum atomic E-state index is 12.7. The monoisotopic (exact) mass is 397 g/mol. The second-order valence-electron chi connectivity index (χ2n) is 7.57. The topological polar surface area (TPSA) is 63.2 Å². The highest BCUT2D eigenvalue weighted by molar-refractivity contribution is 5.95. The summed E-state index contributed by atoms with van der Waals surface area (Å²) in [5, 5.41) is 6.42. The first-order chi connectivity index (χ1) is 14.0. The van der Waals surface area contributed by atoms with Crippen LogP contribution in [0, 0.1) is 12.8 Å². The molecule has 5 nitrogen and oxygen atoms in total. The number of hydrogen-bond acceptors (Lipinski definition) is 4. The lowest BCUT2D eigenvalue weighted by Gasteiger charge is -2.22. The molecule has 0 saturated carbocycles. The third-order valence-electron chi connectivity index (χ3n) is 4.99. The SMILES string of the molecule is CC.Cc1cccc(Nc2cc(C(C)C)c(C(=O)NCC3CCOCC3)cn2)c1. The number of rotatable bonds is 6. The van der Waals surface area contributed by atoms with Gasteiger partial charge in [0.1, 0.15) is 5.82 Å². The van der Waals surface area contributed by atoms with Crippen molar-refractivity contribution in [1.82, 2.24) is 10.3 Å². The molecule has 5 heteroatoms. The highest BCUT2D eigenvalue weighted by atomic mass is 16.5. The van der Waals surface area contributed by atoms with E-state index in [1.54, 1.807) is 6.20 Å². The molecule has 1 saturated heterocycles. The summed E-state index contributed by atoms with van der Waals surface area (Å²) in [6.07, 6.45) is 3.70. The number of nitrogens with zero attached hydrogens (tertiary/aromatic N) is 1. The molecule has 3 rings (SSSR count). The molecular formula is C24H35N3O2. The van der Waals surface area contributed by atoms with E-state index in [9.17, 15) is 4.79 Å². The third kappa shape index (κ3) is 6.86. The number of carbonyl (C=O) groups excluding carboxylic acids is 1. The number of ether oxygens (including phenoxy) is 1. The number of carbonyl (C=O) groups is 1. The molecule has 0 unspecified atom stereocenters. The fourth-order valence-electron chi connectivity index (χ4n) is 3.36. The Labute approximate surface area is 175 Å². The van der Waals surface area contributed by atoms with Crippen molar-refractivity contribution in [3.63, 3.8) is 0 Å². The minimum atomic E-state index is -0.0419. The summed E-state index contributed by atoms with van der Waals surface area (Å²) in [5.41, 5.74) is 3.85. The van der Waals surface area contributed by atoms with E-state index in [0.29, 0.717) is 18.0 Å². The van der Waals surface area contributed by atoms with Crippen molar-refractivity contribution in [3.8, 4) is 0 Å². The molecule has 1 aliphatic heterocycles. The first kappa shape index (κ1) is 22.9. The van der Waals surface area contributed by atoms with Gasteiger partial charge in [-0.05, 0) is 60.9 Å². The molecule has 1 amide bonds. The van der Waals surface area contributed by atoms with Gasteiger partial charge < -0.3 is 15.4 Å². The van der Waals surface area contributed by atoms with E-state index in [4.69, 9.17) is 4.74 Å². The van der Waals surface area contributed by atoms with Crippen molar-refractivity contribution in [2.45, 2.75) is 53.4 Å². The molecule has 2 N–H and O–H groups in total. The van der Waals surface area contributed by atoms with Gasteiger partial charge in [-0.15, -0.1) is 0 Å². The summed E-state index contributed by atoms with van der Waals surface area (Å²) in [6, 6.07) is 10.1. The van der Waals surface area contributed by atoms with Gasteiger partial charge in [-0.25, -0.2) is 4.98 Å². The van der Waals surface area contributed by atoms with Crippen LogP contribution in [-0.2, 0) is 4.74 Å². The number of aromatic nitrogens is 1. The molecule has 1 aromatic heterocycles. The molecule has 1 fully saturated rings. The number of nitrogens with one attached hydrogen (secondary N) is 2. The van der Waals surface area contributed by atoms with E-state index >= 15 is 0 Å². The minimum Gasteiger partial charge on any atom is -0.381 e. The quantitative estimate of drug-likeness (QED) is 0.681. The highest BCUT2D eigenvalue weighted by Crippen LogP contribution is 2.24. The summed E-state index contributed by atoms with van der Waals surface area (Å²) in [7, 11) is 0. The molecular weight excluding hydrogens is 362 g/mol. The lowest BCUT2D eigenvalue weighted by molar-refractivity contribution is 0.0642. The molecule has 2 heterocycles. The summed E-state index contributed by atoms with van der Waals surface area (Å²) in [5.74, 6) is 1.44. The molecule has 158 valence electrons. The van der Waals surface area contributed by atoms with Gasteiger partial charge in [0.2, 0.25) is 0 Å². The predicted octanol–water partition coefficient (Wildman–Crippen LogP) is 5.44. The molecule has 0 atom stereocenters. The van der Waals surface area contributed by atoms with Gasteiger partial charge in [0.05, 0.1) is 5.56 Å². The standard InChI is InChI=1S/C22H29N3O2.C2H6/c1-15(2)19-12-21(25-18-6-4-5-16(3)11-18)23-14-20(19)22(26)24-13-17-7-9-27-10-8-17;1-2/h4-6,11-12,14-15,17H,7-10,13H2,1-3H3,(H,23,25)(H,24,26);1-2H3. The fourth-order valence-corrected chi connectivity index (χ4v) is 3.36. The van der Waals surface area contributed by atoms with Gasteiger partial charge in [0.15, 0.2) is 0 Å². The van der Waals surface area contributed by atoms with Gasteiger partial charge in [0, 0.05) is 31.6 Å². The first-order valence-corrected chi connectivity index (χ1v) is 10.7. The van der Waals surface area contributed by atoms with Crippen LogP contribution in [0.2, 0.25) is 0 Å². The zero-order chi connectivity index (χ0) is 21.2. The number of pyridine rings is 1. The van der Waals surface area contributed by atoms with Gasteiger partial charge in [-0.3, -0.25) is 4.79 Å². The Balaban J connectivity index is 0.00000145. The van der Waals surface area contributed by atoms with Gasteiger partial charge in [-0.1, -0.05) is 39.8 Å². The Morgan fingerprint density at radius 3 is 2.59 bits per heavy atom. The zero-order valence-electron chi connectivity index (χ0n) is 18.4. The van der Waals surface area contributed by atoms with Crippen LogP contribution in [-0.4, -0.2) is 30.6 Å². The minimum absolute atomic E-state index is 0.0419. The van der Waals surface area contributed by atoms with E-state index in [-0.39, 0.29) is 11.8 Å². The largest absolute Gasteiger partial charge is 0.381 e. The number of amides is 1. The molecule has 1 aliphatic rings. The second kappa shape index (κ2) is 11.6. The van der Waals surface area contributed by atoms with Crippen LogP contribution >= 0.6 is 0 Å². The number of hydrogen-bond donors (Lipinski definition) is 2. The van der Waals surface area contributed by atoms with Crippen LogP contribution in [0.25, 0.3) is 0 Å². The lowest BCUT2D eigenvalue weighted by atomic mass is 9.97. The van der Waals surface area contributed by atoms with E-state index in [1.807, 2.05) is 32.0 Å². The number of benzene rings is 1. The van der Waals surface area contributed by atoms with Crippen molar-refractivity contribution >= 4 is 17.4 Å². The van der Waals surface area contributed by atoms with Crippen molar-refractivity contribution < 1.29 is 9.53 Å². The average Bonchev–Trinajstić information content (AvgIpc) is 2.74. The van der Waals surface area contributed by atoms with E-state index in [1.165, 1.54) is 5.56 Å². The summed E-state index contributed by atoms with van der Waals surface area (Å²) >= 11 is 0. The van der Waals surface area contributed by atoms with Crippen molar-refractivity contribution in [2.75, 3.05) is 25.1 Å². The zero-order valence-corrected chi connectivity index (χ0v) is 18.4. The third-order valence-corrected chi connectivity index (χ3v) is 4.99. The Morgan fingerprint density at radius 2 is 1.93 bits per heavy atom. The van der Waals surface area contributed by atoms with Gasteiger partial charge in [0.25, 0.3) is 5.91 Å². The average molecular weight is 398 g/mol. The predicted molar refractivity (Wildman–Crippen MR) is 120 cm³/mol. The Hall–Kier alpha value is -2.40. The van der Waals surface area contributed by atoms with Crippen LogP contribution in [0.4, 0.5) is 11.5 Å². The lowest BCUT2D eigenvalue weighted by Crippen LogP contribution is -2.32. The summed E-state index contributed by atoms with van der Waals surface area (Å²) in [4.78, 5) is 17.2. The normalized spacial score (nSPS) is 14.1. The number of anilines is 2. The van der Waals surface area contributed by atoms with Crippen molar-refractivity contribution in [2.24, 2.45) is 5.92 Å². The summed E-state index contributed by atoms with van der Waals surface area (Å²) in [6.45, 7) is 12.5. The van der Waals surface area contributed by atoms with Crippen LogP contribution in [0.3, 0.4) is 0 Å². The van der Waals surface area contributed by atoms with Crippen molar-refractivity contribution in [3.05, 3.63) is 53.2 Å². The van der Waals surface area contributed by atoms with Crippen molar-refractivity contribution in [1.29, 1.82) is 0 Å². The Bertz CT molecular complexity index is 783. The van der Waals surface area contributed by atoms with E-state index in [2.05, 4.69) is 48.5 Å². The maximum absolute atomic E-state index is 12.7. The van der Waals surface area contributed by atoms with Gasteiger partial charge in [-0.2, -0.15) is 0 Å². The van der Waals surface area contributed by atoms with E-state index in [0.717, 1.165) is 43.1 Å². The van der Waals surface area contributed by atoms with Crippen LogP contribution in [0.1, 0.15) is 67.9 Å². The Morgan fingerprint density at radius 1 is 1.21 bits per heavy atom. The second-order valence-corrected chi connectivity index (χ2v) is 7.57. The maximum Gasteiger partial charge on any atom is 0.253 e. The van der Waals surface area contributed by atoms with Crippen LogP contribution < -0.4 is 10.6 Å². The first-order valence-electron chi connectivity index (χ1n) is 10.7. The molecule has 29 heavy (non-hydrogen) atoms. The molecule has 1 aromatic carbocycles. The molecule has 0 radical (unpaired) electrons.